The third kappa shape index (κ3) is 40.6. The first kappa shape index (κ1) is 37.0. The van der Waals surface area contributed by atoms with Crippen LogP contribution in [0.3, 0.4) is 0 Å². The van der Waals surface area contributed by atoms with Gasteiger partial charge in [-0.1, -0.05) is 37.1 Å². The molecule has 0 saturated heterocycles. The van der Waals surface area contributed by atoms with Gasteiger partial charge in [-0.15, -0.1) is 0 Å². The van der Waals surface area contributed by atoms with Crippen molar-refractivity contribution in [3.8, 4) is 0 Å². The maximum absolute atomic E-state index is 5.19. The molecule has 0 aromatic carbocycles. The largest absolute Gasteiger partial charge is 0.376 e. The van der Waals surface area contributed by atoms with E-state index in [4.69, 9.17) is 4.74 Å². The number of rotatable bonds is 4. The van der Waals surface area contributed by atoms with E-state index in [1.165, 1.54) is 0 Å². The summed E-state index contributed by atoms with van der Waals surface area (Å²) in [7, 11) is 6.50. The van der Waals surface area contributed by atoms with Crippen molar-refractivity contribution in [1.82, 2.24) is 0 Å². The maximum Gasteiger partial charge on any atom is 0.102 e. The van der Waals surface area contributed by atoms with Crippen molar-refractivity contribution in [2.24, 2.45) is 0 Å². The molecule has 2 nitrogen and oxygen atoms in total. The molecule has 96 valence electrons. The van der Waals surface area contributed by atoms with Crippen molar-refractivity contribution < 1.29 is 9.22 Å². The summed E-state index contributed by atoms with van der Waals surface area (Å²) in [5.74, 6) is 0. The molecule has 2 heteroatoms. The van der Waals surface area contributed by atoms with E-state index in [-0.39, 0.29) is 37.1 Å². The quantitative estimate of drug-likeness (QED) is 0.507. The molecule has 0 N–H and O–H groups in total. The van der Waals surface area contributed by atoms with Gasteiger partial charge in [-0.3, -0.25) is 0 Å². The van der Waals surface area contributed by atoms with E-state index in [1.807, 2.05) is 6.92 Å². The fourth-order valence-corrected chi connectivity index (χ4v) is 0.483. The Labute approximate surface area is 94.9 Å². The molecule has 0 heterocycles. The van der Waals surface area contributed by atoms with Crippen LogP contribution in [-0.2, 0) is 4.74 Å². The molecule has 0 amide bonds. The average molecular weight is 212 g/mol. The zero-order chi connectivity index (χ0) is 7.33. The Morgan fingerprint density at radius 3 is 1.43 bits per heavy atom. The zero-order valence-electron chi connectivity index (χ0n) is 6.98. The number of quaternary nitrogens is 1. The van der Waals surface area contributed by atoms with E-state index in [0.29, 0.717) is 0 Å². The molecule has 0 aliphatic heterocycles. The fraction of sp³-hybridized carbons (Fsp3) is 1.00. The van der Waals surface area contributed by atoms with Crippen LogP contribution in [-0.4, -0.2) is 45.4 Å². The molecule has 0 saturated carbocycles. The van der Waals surface area contributed by atoms with E-state index in [0.717, 1.165) is 24.2 Å². The van der Waals surface area contributed by atoms with Crippen LogP contribution in [0.25, 0.3) is 0 Å². The molecule has 0 aliphatic carbocycles. The van der Waals surface area contributed by atoms with Crippen LogP contribution in [0.5, 0.6) is 0 Å². The van der Waals surface area contributed by atoms with Crippen LogP contribution in [0.1, 0.15) is 44.1 Å². The van der Waals surface area contributed by atoms with Gasteiger partial charge in [0, 0.05) is 6.61 Å². The SMILES string of the molecule is C.C.C.C.C.CCOCC[N+](C)(C)C. The van der Waals surface area contributed by atoms with E-state index < -0.39 is 0 Å². The van der Waals surface area contributed by atoms with Crippen LogP contribution < -0.4 is 0 Å². The summed E-state index contributed by atoms with van der Waals surface area (Å²) in [6, 6.07) is 0. The van der Waals surface area contributed by atoms with Crippen LogP contribution in [0, 0.1) is 0 Å². The highest BCUT2D eigenvalue weighted by atomic mass is 16.5. The lowest BCUT2D eigenvalue weighted by atomic mass is 10.5. The normalized spacial score (nSPS) is 7.71. The second-order valence-corrected chi connectivity index (χ2v) is 3.21. The Hall–Kier alpha value is -0.0800. The highest BCUT2D eigenvalue weighted by Gasteiger charge is 2.04. The Bertz CT molecular complexity index is 67.2. The van der Waals surface area contributed by atoms with Crippen molar-refractivity contribution in [3.05, 3.63) is 0 Å². The monoisotopic (exact) mass is 212 g/mol. The molecule has 0 bridgehead atoms. The van der Waals surface area contributed by atoms with Crippen molar-refractivity contribution >= 4 is 0 Å². The predicted octanol–water partition coefficient (Wildman–Crippen LogP) is 3.91. The van der Waals surface area contributed by atoms with E-state index in [9.17, 15) is 0 Å². The van der Waals surface area contributed by atoms with Gasteiger partial charge in [-0.2, -0.15) is 0 Å². The Balaban J connectivity index is -0.0000000320. The number of nitrogens with zero attached hydrogens (tertiary/aromatic N) is 1. The summed E-state index contributed by atoms with van der Waals surface area (Å²) < 4.78 is 6.18. The van der Waals surface area contributed by atoms with Gasteiger partial charge in [-0.25, -0.2) is 0 Å². The Morgan fingerprint density at radius 1 is 0.857 bits per heavy atom. The van der Waals surface area contributed by atoms with Crippen LogP contribution >= 0.6 is 0 Å². The van der Waals surface area contributed by atoms with Gasteiger partial charge in [0.25, 0.3) is 0 Å². The molecule has 0 unspecified atom stereocenters. The molecule has 0 spiro atoms. The minimum Gasteiger partial charge on any atom is -0.376 e. The first-order valence-corrected chi connectivity index (χ1v) is 3.44. The smallest absolute Gasteiger partial charge is 0.102 e. The summed E-state index contributed by atoms with van der Waals surface area (Å²) in [4.78, 5) is 0. The minimum absolute atomic E-state index is 0. The number of ether oxygens (including phenoxy) is 1. The molecule has 0 aromatic heterocycles. The lowest BCUT2D eigenvalue weighted by Gasteiger charge is -2.23. The van der Waals surface area contributed by atoms with E-state index in [2.05, 4.69) is 21.1 Å². The summed E-state index contributed by atoms with van der Waals surface area (Å²) in [6.07, 6.45) is 0. The first-order chi connectivity index (χ1) is 4.06. The second kappa shape index (κ2) is 18.7. The third-order valence-corrected chi connectivity index (χ3v) is 1.11. The highest BCUT2D eigenvalue weighted by molar-refractivity contribution is 4.25. The van der Waals surface area contributed by atoms with Gasteiger partial charge in [0.05, 0.1) is 27.7 Å². The molecule has 0 aromatic rings. The molecule has 0 atom stereocenters. The summed E-state index contributed by atoms with van der Waals surface area (Å²) in [6.45, 7) is 4.82. The number of hydrogen-bond donors (Lipinski definition) is 0. The number of likely N-dealkylation sites (N-methyl/N-ethyl adjacent to an activating group) is 1. The van der Waals surface area contributed by atoms with Crippen LogP contribution in [0.4, 0.5) is 0 Å². The Kier molecular flexibility index (Phi) is 49.4. The van der Waals surface area contributed by atoms with Crippen molar-refractivity contribution in [2.45, 2.75) is 44.1 Å². The number of hydrogen-bond acceptors (Lipinski definition) is 1. The van der Waals surface area contributed by atoms with Crippen LogP contribution in [0.15, 0.2) is 0 Å². The molecule has 0 fully saturated rings. The third-order valence-electron chi connectivity index (χ3n) is 1.11. The molecule has 0 rings (SSSR count). The second-order valence-electron chi connectivity index (χ2n) is 3.21. The summed E-state index contributed by atoms with van der Waals surface area (Å²) >= 11 is 0. The average Bonchev–Trinajstić information content (AvgIpc) is 1.63. The topological polar surface area (TPSA) is 9.23 Å². The zero-order valence-corrected chi connectivity index (χ0v) is 6.98. The lowest BCUT2D eigenvalue weighted by Crippen LogP contribution is -2.37. The van der Waals surface area contributed by atoms with Gasteiger partial charge in [0.15, 0.2) is 0 Å². The van der Waals surface area contributed by atoms with E-state index >= 15 is 0 Å². The van der Waals surface area contributed by atoms with Gasteiger partial charge in [-0.05, 0) is 6.92 Å². The minimum atomic E-state index is 0. The van der Waals surface area contributed by atoms with Gasteiger partial charge in [0.2, 0.25) is 0 Å². The standard InChI is InChI=1S/C7H18NO.5CH4/c1-5-9-7-6-8(2,3)4;;;;;/h5-7H2,1-4H3;5*1H4/q+1;;;;;. The fourth-order valence-electron chi connectivity index (χ4n) is 0.483. The first-order valence-electron chi connectivity index (χ1n) is 3.44. The molecule has 14 heavy (non-hydrogen) atoms. The molecule has 0 aliphatic rings. The molecular weight excluding hydrogens is 174 g/mol. The van der Waals surface area contributed by atoms with Crippen molar-refractivity contribution in [3.63, 3.8) is 0 Å². The van der Waals surface area contributed by atoms with Crippen LogP contribution in [0.2, 0.25) is 0 Å². The van der Waals surface area contributed by atoms with Gasteiger partial charge < -0.3 is 9.22 Å². The van der Waals surface area contributed by atoms with Crippen molar-refractivity contribution in [2.75, 3.05) is 40.9 Å². The van der Waals surface area contributed by atoms with Crippen molar-refractivity contribution in [1.29, 1.82) is 0 Å². The summed E-state index contributed by atoms with van der Waals surface area (Å²) in [5.41, 5.74) is 0. The van der Waals surface area contributed by atoms with Gasteiger partial charge in [0.1, 0.15) is 6.54 Å². The molecule has 0 radical (unpaired) electrons. The van der Waals surface area contributed by atoms with Gasteiger partial charge >= 0.3 is 0 Å². The van der Waals surface area contributed by atoms with E-state index in [1.54, 1.807) is 0 Å². The predicted molar refractivity (Wildman–Crippen MR) is 73.0 cm³/mol. The Morgan fingerprint density at radius 2 is 1.21 bits per heavy atom. The maximum atomic E-state index is 5.19. The lowest BCUT2D eigenvalue weighted by molar-refractivity contribution is -0.870. The summed E-state index contributed by atoms with van der Waals surface area (Å²) in [5, 5.41) is 0. The molecular formula is C12H38NO+. The highest BCUT2D eigenvalue weighted by Crippen LogP contribution is 1.88.